The summed E-state index contributed by atoms with van der Waals surface area (Å²) >= 11 is 0. The van der Waals surface area contributed by atoms with E-state index in [1.807, 2.05) is 24.2 Å². The van der Waals surface area contributed by atoms with Crippen molar-refractivity contribution in [2.75, 3.05) is 11.9 Å². The van der Waals surface area contributed by atoms with Crippen molar-refractivity contribution in [2.24, 2.45) is 0 Å². The van der Waals surface area contributed by atoms with Crippen LogP contribution in [0, 0.1) is 0 Å². The quantitative estimate of drug-likeness (QED) is 0.666. The van der Waals surface area contributed by atoms with E-state index in [2.05, 4.69) is 4.98 Å². The molecule has 1 amide bonds. The maximum Gasteiger partial charge on any atom is 0.237 e. The van der Waals surface area contributed by atoms with Crippen LogP contribution in [0.15, 0.2) is 18.5 Å². The Morgan fingerprint density at radius 1 is 1.31 bits per heavy atom. The van der Waals surface area contributed by atoms with Crippen molar-refractivity contribution in [2.45, 2.75) is 37.5 Å². The second-order valence-corrected chi connectivity index (χ2v) is 4.90. The summed E-state index contributed by atoms with van der Waals surface area (Å²) < 4.78 is 0. The van der Waals surface area contributed by atoms with E-state index < -0.39 is 0 Å². The van der Waals surface area contributed by atoms with Crippen LogP contribution in [-0.4, -0.2) is 17.9 Å². The summed E-state index contributed by atoms with van der Waals surface area (Å²) in [5, 5.41) is 0. The van der Waals surface area contributed by atoms with Gasteiger partial charge in [0.25, 0.3) is 0 Å². The van der Waals surface area contributed by atoms with Gasteiger partial charge in [-0.2, -0.15) is 0 Å². The van der Waals surface area contributed by atoms with Gasteiger partial charge in [0.05, 0.1) is 11.1 Å². The summed E-state index contributed by atoms with van der Waals surface area (Å²) in [5.74, 6) is 0.273. The average molecular weight is 216 g/mol. The van der Waals surface area contributed by atoms with E-state index in [9.17, 15) is 4.79 Å². The first-order valence-corrected chi connectivity index (χ1v) is 5.98. The van der Waals surface area contributed by atoms with E-state index in [1.54, 1.807) is 6.20 Å². The molecule has 1 fully saturated rings. The Hall–Kier alpha value is -1.38. The number of carbonyl (C=O) groups excluding carboxylic acids is 1. The molecule has 1 saturated carbocycles. The molecule has 0 unspecified atom stereocenters. The molecule has 3 heteroatoms. The molecule has 1 aromatic heterocycles. The third-order valence-electron chi connectivity index (χ3n) is 4.10. The molecule has 3 rings (SSSR count). The maximum absolute atomic E-state index is 12.4. The molecule has 0 bridgehead atoms. The summed E-state index contributed by atoms with van der Waals surface area (Å²) in [6.45, 7) is 0. The third-order valence-corrected chi connectivity index (χ3v) is 4.10. The van der Waals surface area contributed by atoms with Crippen LogP contribution in [0.25, 0.3) is 0 Å². The van der Waals surface area contributed by atoms with E-state index in [-0.39, 0.29) is 11.3 Å². The highest BCUT2D eigenvalue weighted by atomic mass is 16.2. The molecule has 0 N–H and O–H groups in total. The Labute approximate surface area is 95.5 Å². The number of carbonyl (C=O) groups is 1. The number of aromatic nitrogens is 1. The van der Waals surface area contributed by atoms with Crippen LogP contribution < -0.4 is 4.90 Å². The lowest BCUT2D eigenvalue weighted by Crippen LogP contribution is -2.40. The summed E-state index contributed by atoms with van der Waals surface area (Å²) in [4.78, 5) is 18.4. The Bertz CT molecular complexity index is 435. The van der Waals surface area contributed by atoms with Gasteiger partial charge in [0.1, 0.15) is 0 Å². The molecule has 3 nitrogen and oxygen atoms in total. The lowest BCUT2D eigenvalue weighted by Gasteiger charge is -2.31. The molecule has 0 radical (unpaired) electrons. The van der Waals surface area contributed by atoms with Crippen molar-refractivity contribution in [1.29, 1.82) is 0 Å². The standard InChI is InChI=1S/C13H16N2O/c1-15-11-5-8-14-9-10(11)13(12(15)16)6-3-2-4-7-13/h5,8-9H,2-4,6-7H2,1H3. The first kappa shape index (κ1) is 9.82. The van der Waals surface area contributed by atoms with Crippen molar-refractivity contribution < 1.29 is 4.79 Å². The predicted octanol–water partition coefficient (Wildman–Crippen LogP) is 2.26. The number of hydrogen-bond donors (Lipinski definition) is 0. The third kappa shape index (κ3) is 1.09. The molecule has 1 aliphatic heterocycles. The molecule has 2 aliphatic rings. The van der Waals surface area contributed by atoms with Crippen molar-refractivity contribution in [3.05, 3.63) is 24.0 Å². The van der Waals surface area contributed by atoms with E-state index in [1.165, 1.54) is 6.42 Å². The zero-order valence-corrected chi connectivity index (χ0v) is 9.57. The second kappa shape index (κ2) is 3.30. The van der Waals surface area contributed by atoms with Gasteiger partial charge in [-0.1, -0.05) is 19.3 Å². The topological polar surface area (TPSA) is 33.2 Å². The number of amides is 1. The highest BCUT2D eigenvalue weighted by Gasteiger charge is 2.49. The van der Waals surface area contributed by atoms with Crippen molar-refractivity contribution in [1.82, 2.24) is 4.98 Å². The fraction of sp³-hybridized carbons (Fsp3) is 0.538. The number of hydrogen-bond acceptors (Lipinski definition) is 2. The number of likely N-dealkylation sites (N-methyl/N-ethyl adjacent to an activating group) is 1. The van der Waals surface area contributed by atoms with Gasteiger partial charge < -0.3 is 4.90 Å². The Kier molecular flexibility index (Phi) is 2.03. The van der Waals surface area contributed by atoms with Gasteiger partial charge in [0, 0.05) is 25.0 Å². The fourth-order valence-electron chi connectivity index (χ4n) is 3.23. The van der Waals surface area contributed by atoms with Gasteiger partial charge in [-0.25, -0.2) is 0 Å². The SMILES string of the molecule is CN1C(=O)C2(CCCCC2)c2cnccc21. The van der Waals surface area contributed by atoms with Crippen LogP contribution in [-0.2, 0) is 10.2 Å². The summed E-state index contributed by atoms with van der Waals surface area (Å²) in [6.07, 6.45) is 9.23. The number of anilines is 1. The van der Waals surface area contributed by atoms with E-state index >= 15 is 0 Å². The zero-order chi connectivity index (χ0) is 11.2. The predicted molar refractivity (Wildman–Crippen MR) is 62.4 cm³/mol. The van der Waals surface area contributed by atoms with Crippen molar-refractivity contribution >= 4 is 11.6 Å². The largest absolute Gasteiger partial charge is 0.314 e. The molecule has 16 heavy (non-hydrogen) atoms. The minimum absolute atomic E-state index is 0.239. The first-order chi connectivity index (χ1) is 7.76. The van der Waals surface area contributed by atoms with E-state index in [0.717, 1.165) is 36.9 Å². The fourth-order valence-corrected chi connectivity index (χ4v) is 3.23. The Balaban J connectivity index is 2.16. The number of fused-ring (bicyclic) bond motifs is 2. The van der Waals surface area contributed by atoms with Gasteiger partial charge in [-0.05, 0) is 18.9 Å². The molecule has 0 atom stereocenters. The summed E-state index contributed by atoms with van der Waals surface area (Å²) in [5.41, 5.74) is 1.97. The van der Waals surface area contributed by atoms with Crippen molar-refractivity contribution in [3.8, 4) is 0 Å². The zero-order valence-electron chi connectivity index (χ0n) is 9.57. The maximum atomic E-state index is 12.4. The monoisotopic (exact) mass is 216 g/mol. The van der Waals surface area contributed by atoms with Gasteiger partial charge >= 0.3 is 0 Å². The van der Waals surface area contributed by atoms with E-state index in [4.69, 9.17) is 0 Å². The van der Waals surface area contributed by atoms with Crippen molar-refractivity contribution in [3.63, 3.8) is 0 Å². The van der Waals surface area contributed by atoms with Gasteiger partial charge in [-0.15, -0.1) is 0 Å². The molecule has 1 aliphatic carbocycles. The molecule has 0 aromatic carbocycles. The second-order valence-electron chi connectivity index (χ2n) is 4.90. The highest BCUT2D eigenvalue weighted by Crippen LogP contribution is 2.48. The van der Waals surface area contributed by atoms with E-state index in [0.29, 0.717) is 0 Å². The van der Waals surface area contributed by atoms with Crippen LogP contribution in [0.5, 0.6) is 0 Å². The highest BCUT2D eigenvalue weighted by molar-refractivity contribution is 6.07. The molecule has 0 saturated heterocycles. The van der Waals surface area contributed by atoms with Crippen LogP contribution in [0.3, 0.4) is 0 Å². The lowest BCUT2D eigenvalue weighted by atomic mass is 9.70. The number of pyridine rings is 1. The minimum Gasteiger partial charge on any atom is -0.314 e. The lowest BCUT2D eigenvalue weighted by molar-refractivity contribution is -0.124. The van der Waals surface area contributed by atoms with Crippen LogP contribution in [0.1, 0.15) is 37.7 Å². The smallest absolute Gasteiger partial charge is 0.237 e. The number of nitrogens with zero attached hydrogens (tertiary/aromatic N) is 2. The summed E-state index contributed by atoms with van der Waals surface area (Å²) in [7, 11) is 1.88. The minimum atomic E-state index is -0.239. The van der Waals surface area contributed by atoms with Gasteiger partial charge in [0.2, 0.25) is 5.91 Å². The van der Waals surface area contributed by atoms with Gasteiger partial charge in [0.15, 0.2) is 0 Å². The van der Waals surface area contributed by atoms with Crippen LogP contribution >= 0.6 is 0 Å². The normalized spacial score (nSPS) is 22.6. The molecule has 84 valence electrons. The molecule has 2 heterocycles. The molecular formula is C13H16N2O. The molecule has 1 spiro atoms. The summed E-state index contributed by atoms with van der Waals surface area (Å²) in [6, 6.07) is 1.95. The van der Waals surface area contributed by atoms with Crippen LogP contribution in [0.2, 0.25) is 0 Å². The molecular weight excluding hydrogens is 200 g/mol. The van der Waals surface area contributed by atoms with Gasteiger partial charge in [-0.3, -0.25) is 9.78 Å². The Morgan fingerprint density at radius 3 is 2.81 bits per heavy atom. The van der Waals surface area contributed by atoms with Crippen LogP contribution in [0.4, 0.5) is 5.69 Å². The molecule has 1 aromatic rings. The Morgan fingerprint density at radius 2 is 2.06 bits per heavy atom. The first-order valence-electron chi connectivity index (χ1n) is 5.98. The average Bonchev–Trinajstić information content (AvgIpc) is 2.55. The number of rotatable bonds is 0.